The average Bonchev–Trinajstić information content (AvgIpc) is 2.31. The highest BCUT2D eigenvalue weighted by atomic mass is 16.5. The van der Waals surface area contributed by atoms with E-state index in [0.29, 0.717) is 0 Å². The maximum Gasteiger partial charge on any atom is 0.0594 e. The quantitative estimate of drug-likeness (QED) is 0.774. The predicted octanol–water partition coefficient (Wildman–Crippen LogP) is 1.87. The van der Waals surface area contributed by atoms with Crippen molar-refractivity contribution in [2.75, 3.05) is 26.3 Å². The Morgan fingerprint density at radius 1 is 1.38 bits per heavy atom. The topological polar surface area (TPSA) is 25.4 Å². The van der Waals surface area contributed by atoms with Gasteiger partial charge in [-0.3, -0.25) is 9.88 Å². The molecule has 2 heterocycles. The van der Waals surface area contributed by atoms with Crippen molar-refractivity contribution in [2.24, 2.45) is 0 Å². The van der Waals surface area contributed by atoms with Gasteiger partial charge in [-0.1, -0.05) is 13.3 Å². The van der Waals surface area contributed by atoms with Crippen LogP contribution < -0.4 is 0 Å². The number of ether oxygens (including phenoxy) is 1. The summed E-state index contributed by atoms with van der Waals surface area (Å²) < 4.78 is 5.35. The number of aryl methyl sites for hydroxylation is 1. The number of nitrogens with zero attached hydrogens (tertiary/aromatic N) is 2. The van der Waals surface area contributed by atoms with Crippen LogP contribution in [0.25, 0.3) is 0 Å². The van der Waals surface area contributed by atoms with E-state index in [1.54, 1.807) is 0 Å². The summed E-state index contributed by atoms with van der Waals surface area (Å²) in [6.07, 6.45) is 4.17. The lowest BCUT2D eigenvalue weighted by Gasteiger charge is -2.26. The van der Waals surface area contributed by atoms with Crippen LogP contribution in [0.1, 0.15) is 24.6 Å². The van der Waals surface area contributed by atoms with Crippen LogP contribution in [0, 0.1) is 0 Å². The lowest BCUT2D eigenvalue weighted by Crippen LogP contribution is -2.35. The van der Waals surface area contributed by atoms with Crippen molar-refractivity contribution in [1.29, 1.82) is 0 Å². The third-order valence-electron chi connectivity index (χ3n) is 2.90. The van der Waals surface area contributed by atoms with Gasteiger partial charge in [-0.2, -0.15) is 0 Å². The second-order valence-corrected chi connectivity index (χ2v) is 4.29. The predicted molar refractivity (Wildman–Crippen MR) is 64.3 cm³/mol. The highest BCUT2D eigenvalue weighted by molar-refractivity contribution is 5.16. The van der Waals surface area contributed by atoms with Gasteiger partial charge in [0.1, 0.15) is 0 Å². The molecule has 1 aliphatic heterocycles. The Bertz CT molecular complexity index is 321. The van der Waals surface area contributed by atoms with Gasteiger partial charge in [0.25, 0.3) is 0 Å². The first-order chi connectivity index (χ1) is 7.88. The van der Waals surface area contributed by atoms with E-state index in [1.807, 2.05) is 6.20 Å². The maximum atomic E-state index is 5.35. The molecule has 0 spiro atoms. The fourth-order valence-corrected chi connectivity index (χ4v) is 2.04. The molecule has 1 aromatic rings. The number of rotatable bonds is 4. The van der Waals surface area contributed by atoms with E-state index in [9.17, 15) is 0 Å². The van der Waals surface area contributed by atoms with Crippen LogP contribution in [0.15, 0.2) is 18.3 Å². The third kappa shape index (κ3) is 3.29. The number of hydrogen-bond acceptors (Lipinski definition) is 3. The van der Waals surface area contributed by atoms with Crippen molar-refractivity contribution in [3.63, 3.8) is 0 Å². The number of morpholine rings is 1. The molecule has 1 aromatic heterocycles. The van der Waals surface area contributed by atoms with Gasteiger partial charge in [-0.05, 0) is 24.1 Å². The van der Waals surface area contributed by atoms with E-state index >= 15 is 0 Å². The second-order valence-electron chi connectivity index (χ2n) is 4.29. The molecule has 88 valence electrons. The van der Waals surface area contributed by atoms with Gasteiger partial charge < -0.3 is 4.74 Å². The Balaban J connectivity index is 1.94. The SMILES string of the molecule is CCCc1cc(CN2CCOCC2)ccn1. The Hall–Kier alpha value is -0.930. The molecule has 0 aromatic carbocycles. The Kier molecular flexibility index (Phi) is 4.31. The molecule has 0 radical (unpaired) electrons. The first kappa shape index (κ1) is 11.6. The normalized spacial score (nSPS) is 17.6. The molecular weight excluding hydrogens is 200 g/mol. The molecule has 0 atom stereocenters. The molecule has 0 amide bonds. The molecule has 0 unspecified atom stereocenters. The van der Waals surface area contributed by atoms with E-state index < -0.39 is 0 Å². The van der Waals surface area contributed by atoms with Gasteiger partial charge >= 0.3 is 0 Å². The summed E-state index contributed by atoms with van der Waals surface area (Å²) in [4.78, 5) is 6.82. The van der Waals surface area contributed by atoms with Crippen molar-refractivity contribution < 1.29 is 4.74 Å². The van der Waals surface area contributed by atoms with Crippen LogP contribution in [0.5, 0.6) is 0 Å². The molecular formula is C13H20N2O. The van der Waals surface area contributed by atoms with Gasteiger partial charge in [0.15, 0.2) is 0 Å². The summed E-state index contributed by atoms with van der Waals surface area (Å²) >= 11 is 0. The van der Waals surface area contributed by atoms with E-state index in [4.69, 9.17) is 4.74 Å². The molecule has 1 fully saturated rings. The zero-order chi connectivity index (χ0) is 11.2. The van der Waals surface area contributed by atoms with E-state index in [0.717, 1.165) is 45.7 Å². The highest BCUT2D eigenvalue weighted by Crippen LogP contribution is 2.09. The van der Waals surface area contributed by atoms with Crippen LogP contribution in [0.2, 0.25) is 0 Å². The van der Waals surface area contributed by atoms with Crippen LogP contribution in [-0.4, -0.2) is 36.2 Å². The largest absolute Gasteiger partial charge is 0.379 e. The third-order valence-corrected chi connectivity index (χ3v) is 2.90. The van der Waals surface area contributed by atoms with Gasteiger partial charge in [-0.15, -0.1) is 0 Å². The monoisotopic (exact) mass is 220 g/mol. The van der Waals surface area contributed by atoms with Crippen LogP contribution in [-0.2, 0) is 17.7 Å². The van der Waals surface area contributed by atoms with Crippen LogP contribution >= 0.6 is 0 Å². The molecule has 2 rings (SSSR count). The Morgan fingerprint density at radius 2 is 2.19 bits per heavy atom. The van der Waals surface area contributed by atoms with Crippen molar-refractivity contribution in [3.05, 3.63) is 29.6 Å². The Labute approximate surface area is 97.4 Å². The van der Waals surface area contributed by atoms with Gasteiger partial charge in [0.2, 0.25) is 0 Å². The molecule has 1 saturated heterocycles. The van der Waals surface area contributed by atoms with E-state index in [2.05, 4.69) is 28.9 Å². The van der Waals surface area contributed by atoms with Crippen molar-refractivity contribution in [2.45, 2.75) is 26.3 Å². The lowest BCUT2D eigenvalue weighted by molar-refractivity contribution is 0.0342. The minimum Gasteiger partial charge on any atom is -0.379 e. The van der Waals surface area contributed by atoms with Crippen molar-refractivity contribution in [1.82, 2.24) is 9.88 Å². The zero-order valence-corrected chi connectivity index (χ0v) is 9.98. The van der Waals surface area contributed by atoms with Crippen molar-refractivity contribution >= 4 is 0 Å². The van der Waals surface area contributed by atoms with Gasteiger partial charge in [0.05, 0.1) is 13.2 Å². The fourth-order valence-electron chi connectivity index (χ4n) is 2.04. The molecule has 0 aliphatic carbocycles. The summed E-state index contributed by atoms with van der Waals surface area (Å²) in [5.74, 6) is 0. The molecule has 3 nitrogen and oxygen atoms in total. The molecule has 1 aliphatic rings. The van der Waals surface area contributed by atoms with E-state index in [1.165, 1.54) is 11.3 Å². The zero-order valence-electron chi connectivity index (χ0n) is 9.98. The van der Waals surface area contributed by atoms with Gasteiger partial charge in [-0.25, -0.2) is 0 Å². The average molecular weight is 220 g/mol. The highest BCUT2D eigenvalue weighted by Gasteiger charge is 2.10. The molecule has 0 bridgehead atoms. The summed E-state index contributed by atoms with van der Waals surface area (Å²) in [6, 6.07) is 4.35. The minimum absolute atomic E-state index is 0.868. The molecule has 16 heavy (non-hydrogen) atoms. The number of pyridine rings is 1. The van der Waals surface area contributed by atoms with Crippen LogP contribution in [0.3, 0.4) is 0 Å². The smallest absolute Gasteiger partial charge is 0.0594 e. The molecule has 3 heteroatoms. The standard InChI is InChI=1S/C13H20N2O/c1-2-3-13-10-12(4-5-14-13)11-15-6-8-16-9-7-15/h4-5,10H,2-3,6-9,11H2,1H3. The van der Waals surface area contributed by atoms with Gasteiger partial charge in [0, 0.05) is 31.5 Å². The van der Waals surface area contributed by atoms with Crippen molar-refractivity contribution in [3.8, 4) is 0 Å². The first-order valence-corrected chi connectivity index (χ1v) is 6.12. The minimum atomic E-state index is 0.868. The summed E-state index contributed by atoms with van der Waals surface area (Å²) in [5, 5.41) is 0. The Morgan fingerprint density at radius 3 is 2.94 bits per heavy atom. The molecule has 0 saturated carbocycles. The fraction of sp³-hybridized carbons (Fsp3) is 0.615. The summed E-state index contributed by atoms with van der Waals surface area (Å²) in [7, 11) is 0. The van der Waals surface area contributed by atoms with E-state index in [-0.39, 0.29) is 0 Å². The van der Waals surface area contributed by atoms with Crippen LogP contribution in [0.4, 0.5) is 0 Å². The maximum absolute atomic E-state index is 5.35. The number of hydrogen-bond donors (Lipinski definition) is 0. The summed E-state index contributed by atoms with van der Waals surface area (Å²) in [5.41, 5.74) is 2.59. The lowest BCUT2D eigenvalue weighted by atomic mass is 10.1. The molecule has 0 N–H and O–H groups in total. The number of aromatic nitrogens is 1. The first-order valence-electron chi connectivity index (χ1n) is 6.12. The second kappa shape index (κ2) is 5.97. The summed E-state index contributed by atoms with van der Waals surface area (Å²) in [6.45, 7) is 7.05.